The van der Waals surface area contributed by atoms with Crippen molar-refractivity contribution in [3.05, 3.63) is 54.4 Å². The number of thioether (sulfide) groups is 1. The van der Waals surface area contributed by atoms with Gasteiger partial charge >= 0.3 is 0 Å². The van der Waals surface area contributed by atoms with Gasteiger partial charge in [-0.1, -0.05) is 37.7 Å². The number of nitrogens with zero attached hydrogens (tertiary/aromatic N) is 3. The van der Waals surface area contributed by atoms with Gasteiger partial charge in [0, 0.05) is 6.54 Å². The Balaban J connectivity index is 1.69. The summed E-state index contributed by atoms with van der Waals surface area (Å²) in [5.41, 5.74) is 0.654. The predicted octanol–water partition coefficient (Wildman–Crippen LogP) is 5.21. The van der Waals surface area contributed by atoms with Crippen LogP contribution in [0.4, 0.5) is 5.69 Å². The van der Waals surface area contributed by atoms with E-state index in [9.17, 15) is 4.79 Å². The van der Waals surface area contributed by atoms with Crippen molar-refractivity contribution in [3.8, 4) is 17.2 Å². The Morgan fingerprint density at radius 2 is 1.76 bits per heavy atom. The molecule has 182 valence electrons. The summed E-state index contributed by atoms with van der Waals surface area (Å²) in [5.74, 6) is 3.28. The highest BCUT2D eigenvalue weighted by Crippen LogP contribution is 2.28. The molecule has 1 amide bonds. The molecule has 1 heterocycles. The number of carbonyl (C=O) groups is 1. The summed E-state index contributed by atoms with van der Waals surface area (Å²) in [6, 6.07) is 14.8. The van der Waals surface area contributed by atoms with Gasteiger partial charge in [0.25, 0.3) is 0 Å². The van der Waals surface area contributed by atoms with Crippen molar-refractivity contribution in [1.29, 1.82) is 0 Å². The Hall–Kier alpha value is -3.20. The van der Waals surface area contributed by atoms with Crippen LogP contribution in [-0.4, -0.2) is 40.1 Å². The van der Waals surface area contributed by atoms with Crippen LogP contribution in [0.2, 0.25) is 0 Å². The zero-order valence-corrected chi connectivity index (χ0v) is 21.1. The van der Waals surface area contributed by atoms with E-state index in [1.165, 1.54) is 11.8 Å². The molecule has 0 aliphatic heterocycles. The molecule has 2 aromatic carbocycles. The molecule has 0 radical (unpaired) electrons. The van der Waals surface area contributed by atoms with Gasteiger partial charge in [-0.3, -0.25) is 4.79 Å². The van der Waals surface area contributed by atoms with Gasteiger partial charge in [-0.05, 0) is 56.2 Å². The number of methoxy groups -OCH3 is 1. The number of hydrogen-bond acceptors (Lipinski definition) is 7. The van der Waals surface area contributed by atoms with Gasteiger partial charge in [0.05, 0.1) is 25.2 Å². The van der Waals surface area contributed by atoms with Crippen LogP contribution in [0.5, 0.6) is 17.2 Å². The minimum atomic E-state index is -0.319. The molecule has 0 spiro atoms. The largest absolute Gasteiger partial charge is 0.497 e. The third-order valence-corrected chi connectivity index (χ3v) is 5.79. The lowest BCUT2D eigenvalue weighted by molar-refractivity contribution is -0.113. The molecular formula is C25H32N4O4S. The molecule has 1 N–H and O–H groups in total. The number of nitrogens with one attached hydrogen (secondary N) is 1. The van der Waals surface area contributed by atoms with Crippen LogP contribution in [0.25, 0.3) is 0 Å². The van der Waals surface area contributed by atoms with Gasteiger partial charge in [0.1, 0.15) is 17.2 Å². The number of benzene rings is 2. The highest BCUT2D eigenvalue weighted by Gasteiger charge is 2.21. The number of aromatic nitrogens is 3. The van der Waals surface area contributed by atoms with E-state index in [1.54, 1.807) is 7.11 Å². The molecule has 0 aliphatic rings. The normalized spacial score (nSPS) is 11.8. The second-order valence-electron chi connectivity index (χ2n) is 8.05. The minimum absolute atomic E-state index is 0.139. The third-order valence-electron chi connectivity index (χ3n) is 4.82. The summed E-state index contributed by atoms with van der Waals surface area (Å²) >= 11 is 1.35. The Labute approximate surface area is 205 Å². The number of carbonyl (C=O) groups excluding carboxylic acids is 1. The maximum atomic E-state index is 12.6. The molecule has 0 saturated carbocycles. The number of ether oxygens (including phenoxy) is 3. The fraction of sp³-hybridized carbons (Fsp3) is 0.400. The molecule has 1 aromatic heterocycles. The van der Waals surface area contributed by atoms with E-state index in [4.69, 9.17) is 14.2 Å². The first-order valence-corrected chi connectivity index (χ1v) is 12.3. The van der Waals surface area contributed by atoms with Crippen molar-refractivity contribution >= 4 is 23.4 Å². The standard InChI is InChI=1S/C25H32N4O4S/c1-6-32-22-10-8-7-9-21(22)26-23(30)16-34-25-28-27-24(29(25)15-17(2)3)18(4)33-20-13-11-19(31-5)12-14-20/h7-14,17-18H,6,15-16H2,1-5H3,(H,26,30). The smallest absolute Gasteiger partial charge is 0.234 e. The van der Waals surface area contributed by atoms with E-state index >= 15 is 0 Å². The summed E-state index contributed by atoms with van der Waals surface area (Å²) in [6.45, 7) is 9.36. The first kappa shape index (κ1) is 25.4. The Morgan fingerprint density at radius 1 is 1.06 bits per heavy atom. The molecule has 3 rings (SSSR count). The average molecular weight is 485 g/mol. The number of anilines is 1. The van der Waals surface area contributed by atoms with E-state index in [2.05, 4.69) is 29.4 Å². The van der Waals surface area contributed by atoms with Gasteiger partial charge in [0.2, 0.25) is 5.91 Å². The fourth-order valence-corrected chi connectivity index (χ4v) is 4.08. The molecule has 0 saturated heterocycles. The first-order chi connectivity index (χ1) is 16.4. The highest BCUT2D eigenvalue weighted by atomic mass is 32.2. The van der Waals surface area contributed by atoms with E-state index < -0.39 is 0 Å². The lowest BCUT2D eigenvalue weighted by atomic mass is 10.2. The summed E-state index contributed by atoms with van der Waals surface area (Å²) in [5, 5.41) is 12.3. The predicted molar refractivity (Wildman–Crippen MR) is 134 cm³/mol. The minimum Gasteiger partial charge on any atom is -0.497 e. The number of rotatable bonds is 12. The number of para-hydroxylation sites is 2. The van der Waals surface area contributed by atoms with E-state index in [0.717, 1.165) is 12.3 Å². The van der Waals surface area contributed by atoms with Gasteiger partial charge in [-0.2, -0.15) is 0 Å². The maximum Gasteiger partial charge on any atom is 0.234 e. The Kier molecular flexibility index (Phi) is 9.21. The molecule has 1 atom stereocenters. The zero-order chi connectivity index (χ0) is 24.5. The molecule has 9 heteroatoms. The van der Waals surface area contributed by atoms with Crippen molar-refractivity contribution in [2.24, 2.45) is 5.92 Å². The first-order valence-electron chi connectivity index (χ1n) is 11.3. The molecule has 0 fully saturated rings. The van der Waals surface area contributed by atoms with Crippen LogP contribution in [0.15, 0.2) is 53.7 Å². The van der Waals surface area contributed by atoms with Crippen LogP contribution < -0.4 is 19.5 Å². The molecular weight excluding hydrogens is 452 g/mol. The van der Waals surface area contributed by atoms with Gasteiger partial charge in [0.15, 0.2) is 17.1 Å². The van der Waals surface area contributed by atoms with Gasteiger partial charge in [-0.25, -0.2) is 0 Å². The van der Waals surface area contributed by atoms with Crippen molar-refractivity contribution in [2.45, 2.75) is 45.5 Å². The van der Waals surface area contributed by atoms with Crippen molar-refractivity contribution in [3.63, 3.8) is 0 Å². The topological polar surface area (TPSA) is 87.5 Å². The van der Waals surface area contributed by atoms with Gasteiger partial charge < -0.3 is 24.1 Å². The second kappa shape index (κ2) is 12.3. The molecule has 34 heavy (non-hydrogen) atoms. The van der Waals surface area contributed by atoms with Crippen molar-refractivity contribution in [1.82, 2.24) is 14.8 Å². The quantitative estimate of drug-likeness (QED) is 0.353. The van der Waals surface area contributed by atoms with Gasteiger partial charge in [-0.15, -0.1) is 10.2 Å². The second-order valence-corrected chi connectivity index (χ2v) is 8.99. The van der Waals surface area contributed by atoms with Crippen LogP contribution in [0, 0.1) is 5.92 Å². The summed E-state index contributed by atoms with van der Waals surface area (Å²) in [4.78, 5) is 12.6. The third kappa shape index (κ3) is 6.90. The fourth-order valence-electron chi connectivity index (χ4n) is 3.32. The average Bonchev–Trinajstić information content (AvgIpc) is 3.21. The monoisotopic (exact) mass is 484 g/mol. The van der Waals surface area contributed by atoms with Crippen molar-refractivity contribution < 1.29 is 19.0 Å². The lowest BCUT2D eigenvalue weighted by Gasteiger charge is -2.18. The molecule has 0 bridgehead atoms. The zero-order valence-electron chi connectivity index (χ0n) is 20.3. The summed E-state index contributed by atoms with van der Waals surface area (Å²) < 4.78 is 18.9. The molecule has 8 nitrogen and oxygen atoms in total. The number of amides is 1. The SMILES string of the molecule is CCOc1ccccc1NC(=O)CSc1nnc(C(C)Oc2ccc(OC)cc2)n1CC(C)C. The highest BCUT2D eigenvalue weighted by molar-refractivity contribution is 7.99. The van der Waals surface area contributed by atoms with Crippen molar-refractivity contribution in [2.75, 3.05) is 24.8 Å². The number of hydrogen-bond donors (Lipinski definition) is 1. The molecule has 0 aliphatic carbocycles. The van der Waals surface area contributed by atoms with Crippen LogP contribution >= 0.6 is 11.8 Å². The van der Waals surface area contributed by atoms with Crippen LogP contribution in [0.3, 0.4) is 0 Å². The van der Waals surface area contributed by atoms with E-state index in [0.29, 0.717) is 40.7 Å². The summed E-state index contributed by atoms with van der Waals surface area (Å²) in [7, 11) is 1.63. The van der Waals surface area contributed by atoms with Crippen LogP contribution in [-0.2, 0) is 11.3 Å². The lowest BCUT2D eigenvalue weighted by Crippen LogP contribution is -2.17. The summed E-state index contributed by atoms with van der Waals surface area (Å²) in [6.07, 6.45) is -0.319. The Morgan fingerprint density at radius 3 is 2.44 bits per heavy atom. The maximum absolute atomic E-state index is 12.6. The van der Waals surface area contributed by atoms with Crippen LogP contribution in [0.1, 0.15) is 39.6 Å². The van der Waals surface area contributed by atoms with E-state index in [-0.39, 0.29) is 17.8 Å². The molecule has 1 unspecified atom stereocenters. The molecule has 3 aromatic rings. The Bertz CT molecular complexity index is 1070. The van der Waals surface area contributed by atoms with E-state index in [1.807, 2.05) is 66.9 Å².